The zero-order valence-electron chi connectivity index (χ0n) is 10.2. The third kappa shape index (κ3) is 2.98. The molecule has 0 spiro atoms. The van der Waals surface area contributed by atoms with E-state index in [-0.39, 0.29) is 23.5 Å². The highest BCUT2D eigenvalue weighted by molar-refractivity contribution is 5.89. The predicted molar refractivity (Wildman–Crippen MR) is 59.5 cm³/mol. The Balaban J connectivity index is 0.00000162. The van der Waals surface area contributed by atoms with E-state index in [0.717, 1.165) is 0 Å². The molecule has 6 nitrogen and oxygen atoms in total. The first-order chi connectivity index (χ1) is 7.98. The Kier molecular flexibility index (Phi) is 3.93. The van der Waals surface area contributed by atoms with Gasteiger partial charge in [-0.25, -0.2) is 9.36 Å². The number of hydrogen-bond donors (Lipinski definition) is 1. The molecule has 1 aliphatic heterocycles. The van der Waals surface area contributed by atoms with Crippen molar-refractivity contribution in [2.75, 3.05) is 0 Å². The number of esters is 1. The molecule has 0 radical (unpaired) electrons. The van der Waals surface area contributed by atoms with Gasteiger partial charge in [-0.05, 0) is 0 Å². The molecule has 0 saturated carbocycles. The van der Waals surface area contributed by atoms with Crippen LogP contribution in [0.25, 0.3) is 0 Å². The summed E-state index contributed by atoms with van der Waals surface area (Å²) in [5.41, 5.74) is 0.112. The van der Waals surface area contributed by atoms with E-state index in [1.54, 1.807) is 30.8 Å². The minimum Gasteiger partial charge on any atom is -0.870 e. The number of carbonyl (C=O) groups is 1. The normalized spacial score (nSPS) is 17.6. The Morgan fingerprint density at radius 2 is 1.83 bits per heavy atom. The van der Waals surface area contributed by atoms with Gasteiger partial charge in [0.1, 0.15) is 0 Å². The Bertz CT molecular complexity index is 467. The Morgan fingerprint density at radius 3 is 2.39 bits per heavy atom. The molecule has 0 atom stereocenters. The Hall–Kier alpha value is -2.08. The van der Waals surface area contributed by atoms with Crippen LogP contribution in [0.4, 0.5) is 0 Å². The monoisotopic (exact) mass is 253 g/mol. The molecule has 6 heteroatoms. The second-order valence-electron chi connectivity index (χ2n) is 4.22. The summed E-state index contributed by atoms with van der Waals surface area (Å²) in [6, 6.07) is 5.52. The second-order valence-corrected chi connectivity index (χ2v) is 4.22. The molecule has 1 aromatic heterocycles. The van der Waals surface area contributed by atoms with Gasteiger partial charge in [-0.15, -0.1) is 0 Å². The first-order valence-electron chi connectivity index (χ1n) is 5.26. The molecule has 0 unspecified atom stereocenters. The van der Waals surface area contributed by atoms with Gasteiger partial charge in [-0.2, -0.15) is 0 Å². The summed E-state index contributed by atoms with van der Waals surface area (Å²) in [5.74, 6) is -2.05. The van der Waals surface area contributed by atoms with E-state index in [4.69, 9.17) is 9.47 Å². The van der Waals surface area contributed by atoms with Crippen molar-refractivity contribution in [1.82, 2.24) is 0 Å². The molecule has 0 amide bonds. The van der Waals surface area contributed by atoms with Gasteiger partial charge in [0.25, 0.3) is 11.7 Å². The average molecular weight is 253 g/mol. The van der Waals surface area contributed by atoms with E-state index in [9.17, 15) is 9.90 Å². The highest BCUT2D eigenvalue weighted by Crippen LogP contribution is 2.24. The van der Waals surface area contributed by atoms with E-state index in [1.807, 2.05) is 18.2 Å². The molecular formula is C12H15NO5. The SMILES string of the molecule is CC1(C)OC(=O)C(C[n+]2ccccc2)=C(O)O1.[OH-]. The van der Waals surface area contributed by atoms with E-state index in [2.05, 4.69) is 0 Å². The summed E-state index contributed by atoms with van der Waals surface area (Å²) < 4.78 is 11.9. The minimum atomic E-state index is -1.12. The molecule has 0 fully saturated rings. The fourth-order valence-electron chi connectivity index (χ4n) is 1.54. The molecule has 18 heavy (non-hydrogen) atoms. The quantitative estimate of drug-likeness (QED) is 0.624. The lowest BCUT2D eigenvalue weighted by Gasteiger charge is -2.29. The van der Waals surface area contributed by atoms with Crippen LogP contribution in [0.5, 0.6) is 0 Å². The Morgan fingerprint density at radius 1 is 1.22 bits per heavy atom. The topological polar surface area (TPSA) is 89.6 Å². The number of ether oxygens (including phenoxy) is 2. The van der Waals surface area contributed by atoms with E-state index in [1.165, 1.54) is 0 Å². The van der Waals surface area contributed by atoms with Gasteiger partial charge in [0, 0.05) is 26.0 Å². The zero-order valence-corrected chi connectivity index (χ0v) is 10.2. The van der Waals surface area contributed by atoms with Gasteiger partial charge in [-0.3, -0.25) is 0 Å². The van der Waals surface area contributed by atoms with Crippen LogP contribution in [-0.4, -0.2) is 22.3 Å². The highest BCUT2D eigenvalue weighted by atomic mass is 16.8. The summed E-state index contributed by atoms with van der Waals surface area (Å²) in [7, 11) is 0. The standard InChI is InChI=1S/C12H13NO4.H2O/c1-12(2)16-10(14)9(11(15)17-12)8-13-6-4-3-5-7-13;/h3-7H,8H2,1-2H3;1H2. The van der Waals surface area contributed by atoms with Crippen molar-refractivity contribution in [2.24, 2.45) is 0 Å². The van der Waals surface area contributed by atoms with Gasteiger partial charge in [0.2, 0.25) is 0 Å². The Labute approximate surface area is 104 Å². The summed E-state index contributed by atoms with van der Waals surface area (Å²) >= 11 is 0. The molecule has 0 aromatic carbocycles. The van der Waals surface area contributed by atoms with Crippen LogP contribution in [0.15, 0.2) is 42.1 Å². The third-order valence-electron chi connectivity index (χ3n) is 2.30. The highest BCUT2D eigenvalue weighted by Gasteiger charge is 2.37. The third-order valence-corrected chi connectivity index (χ3v) is 2.30. The number of cyclic esters (lactones) is 1. The number of nitrogens with zero attached hydrogens (tertiary/aromatic N) is 1. The fourth-order valence-corrected chi connectivity index (χ4v) is 1.54. The van der Waals surface area contributed by atoms with E-state index >= 15 is 0 Å². The molecule has 1 aliphatic rings. The van der Waals surface area contributed by atoms with Gasteiger partial charge in [-0.1, -0.05) is 6.07 Å². The maximum absolute atomic E-state index is 11.7. The lowest BCUT2D eigenvalue weighted by atomic mass is 10.2. The first kappa shape index (κ1) is 14.0. The van der Waals surface area contributed by atoms with Crippen LogP contribution in [0.3, 0.4) is 0 Å². The fraction of sp³-hybridized carbons (Fsp3) is 0.333. The number of pyridine rings is 1. The van der Waals surface area contributed by atoms with Gasteiger partial charge in [0.05, 0.1) is 0 Å². The van der Waals surface area contributed by atoms with Crippen LogP contribution in [0.1, 0.15) is 13.8 Å². The minimum absolute atomic E-state index is 0. The zero-order chi connectivity index (χ0) is 12.5. The summed E-state index contributed by atoms with van der Waals surface area (Å²) in [5, 5.41) is 9.68. The van der Waals surface area contributed by atoms with E-state index < -0.39 is 11.8 Å². The molecule has 1 aromatic rings. The number of aromatic nitrogens is 1. The molecule has 2 rings (SSSR count). The van der Waals surface area contributed by atoms with Crippen LogP contribution < -0.4 is 4.57 Å². The maximum Gasteiger partial charge on any atom is 0.351 e. The molecule has 98 valence electrons. The maximum atomic E-state index is 11.7. The molecule has 2 N–H and O–H groups in total. The number of hydrogen-bond acceptors (Lipinski definition) is 5. The first-order valence-corrected chi connectivity index (χ1v) is 5.26. The smallest absolute Gasteiger partial charge is 0.351 e. The van der Waals surface area contributed by atoms with Crippen LogP contribution in [-0.2, 0) is 20.8 Å². The largest absolute Gasteiger partial charge is 0.870 e. The molecule has 2 heterocycles. The van der Waals surface area contributed by atoms with Crippen molar-refractivity contribution in [3.63, 3.8) is 0 Å². The van der Waals surface area contributed by atoms with Gasteiger partial charge >= 0.3 is 5.97 Å². The van der Waals surface area contributed by atoms with Crippen molar-refractivity contribution >= 4 is 5.97 Å². The van der Waals surface area contributed by atoms with Gasteiger partial charge in [0.15, 0.2) is 24.5 Å². The van der Waals surface area contributed by atoms with Crippen molar-refractivity contribution in [1.29, 1.82) is 0 Å². The second kappa shape index (κ2) is 5.05. The molecular weight excluding hydrogens is 238 g/mol. The summed E-state index contributed by atoms with van der Waals surface area (Å²) in [6.45, 7) is 3.34. The number of aliphatic hydroxyl groups is 1. The van der Waals surface area contributed by atoms with Crippen molar-refractivity contribution < 1.29 is 29.4 Å². The summed E-state index contributed by atoms with van der Waals surface area (Å²) in [6.07, 6.45) is 3.57. The predicted octanol–water partition coefficient (Wildman–Crippen LogP) is 0.876. The van der Waals surface area contributed by atoms with E-state index in [0.29, 0.717) is 0 Å². The van der Waals surface area contributed by atoms with Gasteiger partial charge < -0.3 is 20.1 Å². The number of carbonyl (C=O) groups excluding carboxylic acids is 1. The molecule has 0 bridgehead atoms. The van der Waals surface area contributed by atoms with Crippen molar-refractivity contribution in [2.45, 2.75) is 26.2 Å². The van der Waals surface area contributed by atoms with Crippen molar-refractivity contribution in [3.8, 4) is 0 Å². The number of aliphatic hydroxyl groups excluding tert-OH is 1. The van der Waals surface area contributed by atoms with Crippen LogP contribution >= 0.6 is 0 Å². The van der Waals surface area contributed by atoms with Crippen LogP contribution in [0, 0.1) is 0 Å². The lowest BCUT2D eigenvalue weighted by molar-refractivity contribution is -0.688. The average Bonchev–Trinajstić information content (AvgIpc) is 2.24. The van der Waals surface area contributed by atoms with Crippen LogP contribution in [0.2, 0.25) is 0 Å². The van der Waals surface area contributed by atoms with Crippen molar-refractivity contribution in [3.05, 3.63) is 42.1 Å². The lowest BCUT2D eigenvalue weighted by Crippen LogP contribution is -2.42. The number of rotatable bonds is 2. The molecule has 0 aliphatic carbocycles. The summed E-state index contributed by atoms with van der Waals surface area (Å²) in [4.78, 5) is 11.7. The molecule has 0 saturated heterocycles.